The van der Waals surface area contributed by atoms with Crippen molar-refractivity contribution in [2.75, 3.05) is 13.6 Å². The van der Waals surface area contributed by atoms with Gasteiger partial charge in [-0.15, -0.1) is 0 Å². The number of aliphatic hydroxyl groups is 1. The van der Waals surface area contributed by atoms with Crippen LogP contribution in [0.1, 0.15) is 61.0 Å². The quantitative estimate of drug-likeness (QED) is 0.175. The molecule has 8 nitrogen and oxygen atoms in total. The molecule has 8 heteroatoms. The Bertz CT molecular complexity index is 1630. The minimum absolute atomic E-state index is 0.00619. The lowest BCUT2D eigenvalue weighted by molar-refractivity contribution is -0.276. The molecule has 1 heterocycles. The van der Waals surface area contributed by atoms with E-state index in [1.54, 1.807) is 6.92 Å². The van der Waals surface area contributed by atoms with Crippen LogP contribution >= 0.6 is 0 Å². The molecule has 0 radical (unpaired) electrons. The Hall–Kier alpha value is -4.34. The largest absolute Gasteiger partial charge is 0.453 e. The van der Waals surface area contributed by atoms with Crippen LogP contribution in [0.3, 0.4) is 0 Å². The lowest BCUT2D eigenvalue weighted by atomic mass is 9.90. The number of nitrogens with one attached hydrogen (secondary N) is 1. The van der Waals surface area contributed by atoms with E-state index in [1.165, 1.54) is 12.5 Å². The molecular weight excluding hydrogens is 592 g/mol. The molecule has 0 unspecified atom stereocenters. The first kappa shape index (κ1) is 34.0. The van der Waals surface area contributed by atoms with Crippen LogP contribution in [0.4, 0.5) is 0 Å². The van der Waals surface area contributed by atoms with Crippen LogP contribution in [-0.2, 0) is 43.5 Å². The minimum Gasteiger partial charge on any atom is -0.453 e. The van der Waals surface area contributed by atoms with Crippen LogP contribution < -0.4 is 5.32 Å². The van der Waals surface area contributed by atoms with Gasteiger partial charge in [0.15, 0.2) is 12.4 Å². The number of hydrogen-bond acceptors (Lipinski definition) is 7. The number of amides is 1. The number of carbonyl (C=O) groups excluding carboxylic acids is 2. The third-order valence-corrected chi connectivity index (χ3v) is 8.51. The van der Waals surface area contributed by atoms with E-state index in [2.05, 4.69) is 54.5 Å². The molecule has 0 aliphatic carbocycles. The standard InChI is InChI=1S/C39H44N2O6/c1-26-36(24-41(4)23-29-10-6-5-7-11-29)46-39(47-37(26)32-18-16-30(25-42)17-19-32)35-15-9-14-34(21-35)33-13-8-12-31(20-33)22-40-38(44)27(2)45-28(3)43/h5-21,26-27,36-37,39,42H,22-25H2,1-4H3,(H,40,44)/t26-,27+,36+,37+,39+/m1/s1. The molecule has 4 aromatic carbocycles. The van der Waals surface area contributed by atoms with Crippen molar-refractivity contribution < 1.29 is 28.9 Å². The van der Waals surface area contributed by atoms with Gasteiger partial charge in [0, 0.05) is 38.0 Å². The van der Waals surface area contributed by atoms with Gasteiger partial charge in [-0.25, -0.2) is 0 Å². The topological polar surface area (TPSA) is 97.3 Å². The monoisotopic (exact) mass is 636 g/mol. The maximum atomic E-state index is 12.4. The van der Waals surface area contributed by atoms with Crippen molar-refractivity contribution in [1.29, 1.82) is 0 Å². The van der Waals surface area contributed by atoms with Crippen molar-refractivity contribution in [3.63, 3.8) is 0 Å². The van der Waals surface area contributed by atoms with Crippen LogP contribution in [-0.4, -0.2) is 47.7 Å². The highest BCUT2D eigenvalue weighted by Gasteiger charge is 2.39. The van der Waals surface area contributed by atoms with Crippen LogP contribution in [0.5, 0.6) is 0 Å². The molecule has 0 aromatic heterocycles. The molecule has 2 N–H and O–H groups in total. The third-order valence-electron chi connectivity index (χ3n) is 8.51. The zero-order valence-electron chi connectivity index (χ0n) is 27.5. The highest BCUT2D eigenvalue weighted by atomic mass is 16.7. The number of nitrogens with zero attached hydrogens (tertiary/aromatic N) is 1. The Balaban J connectivity index is 1.36. The van der Waals surface area contributed by atoms with Gasteiger partial charge in [0.25, 0.3) is 5.91 Å². The SMILES string of the molecule is CC(=O)O[C@@H](C)C(=O)NCc1cccc(-c2cccc([C@H]3O[C@@H](CN(C)Cc4ccccc4)[C@@H](C)[C@@H](c4ccc(CO)cc4)O3)c2)c1. The summed E-state index contributed by atoms with van der Waals surface area (Å²) in [4.78, 5) is 25.9. The Labute approximate surface area is 277 Å². The first-order valence-electron chi connectivity index (χ1n) is 16.1. The van der Waals surface area contributed by atoms with Gasteiger partial charge in [0.1, 0.15) is 0 Å². The van der Waals surface area contributed by atoms with E-state index in [4.69, 9.17) is 14.2 Å². The fourth-order valence-electron chi connectivity index (χ4n) is 5.96. The van der Waals surface area contributed by atoms with E-state index in [0.29, 0.717) is 6.54 Å². The number of ether oxygens (including phenoxy) is 3. The van der Waals surface area contributed by atoms with Gasteiger partial charge in [0.2, 0.25) is 0 Å². The molecule has 0 saturated carbocycles. The summed E-state index contributed by atoms with van der Waals surface area (Å²) in [5.41, 5.74) is 6.97. The lowest BCUT2D eigenvalue weighted by Crippen LogP contribution is -2.43. The Morgan fingerprint density at radius 3 is 2.23 bits per heavy atom. The van der Waals surface area contributed by atoms with Gasteiger partial charge in [-0.2, -0.15) is 0 Å². The second kappa shape index (κ2) is 16.0. The van der Waals surface area contributed by atoms with Crippen molar-refractivity contribution in [3.8, 4) is 11.1 Å². The van der Waals surface area contributed by atoms with Crippen molar-refractivity contribution in [2.45, 2.75) is 65.1 Å². The van der Waals surface area contributed by atoms with Gasteiger partial charge in [-0.05, 0) is 59.5 Å². The average Bonchev–Trinajstić information content (AvgIpc) is 3.08. The van der Waals surface area contributed by atoms with Crippen LogP contribution in [0.15, 0.2) is 103 Å². The molecule has 1 amide bonds. The number of aliphatic hydroxyl groups excluding tert-OH is 1. The molecule has 4 aromatic rings. The summed E-state index contributed by atoms with van der Waals surface area (Å²) < 4.78 is 18.4. The number of likely N-dealkylation sites (N-methyl/N-ethyl adjacent to an activating group) is 1. The molecule has 5 rings (SSSR count). The van der Waals surface area contributed by atoms with Crippen molar-refractivity contribution >= 4 is 11.9 Å². The maximum absolute atomic E-state index is 12.4. The summed E-state index contributed by atoms with van der Waals surface area (Å²) in [5, 5.41) is 12.4. The number of esters is 1. The molecule has 47 heavy (non-hydrogen) atoms. The van der Waals surface area contributed by atoms with E-state index in [1.807, 2.05) is 72.8 Å². The molecule has 0 spiro atoms. The second-order valence-corrected chi connectivity index (χ2v) is 12.3. The Morgan fingerprint density at radius 2 is 1.53 bits per heavy atom. The molecule has 0 bridgehead atoms. The van der Waals surface area contributed by atoms with Crippen LogP contribution in [0, 0.1) is 5.92 Å². The van der Waals surface area contributed by atoms with Gasteiger partial charge in [-0.3, -0.25) is 14.5 Å². The van der Waals surface area contributed by atoms with Gasteiger partial charge >= 0.3 is 5.97 Å². The summed E-state index contributed by atoms with van der Waals surface area (Å²) in [5.74, 6) is -0.771. The van der Waals surface area contributed by atoms with Gasteiger partial charge in [0.05, 0.1) is 18.8 Å². The zero-order valence-corrected chi connectivity index (χ0v) is 27.5. The smallest absolute Gasteiger partial charge is 0.303 e. The summed E-state index contributed by atoms with van der Waals surface area (Å²) in [6.45, 7) is 6.85. The third kappa shape index (κ3) is 9.14. The number of carbonyl (C=O) groups is 2. The highest BCUT2D eigenvalue weighted by molar-refractivity contribution is 5.82. The number of hydrogen-bond donors (Lipinski definition) is 2. The summed E-state index contributed by atoms with van der Waals surface area (Å²) in [7, 11) is 2.12. The van der Waals surface area contributed by atoms with Gasteiger partial charge in [-0.1, -0.05) is 97.9 Å². The summed E-state index contributed by atoms with van der Waals surface area (Å²) in [6.07, 6.45) is -1.76. The van der Waals surface area contributed by atoms with E-state index in [-0.39, 0.29) is 30.6 Å². The van der Waals surface area contributed by atoms with E-state index < -0.39 is 18.4 Å². The van der Waals surface area contributed by atoms with Crippen LogP contribution in [0.25, 0.3) is 11.1 Å². The summed E-state index contributed by atoms with van der Waals surface area (Å²) in [6, 6.07) is 34.5. The number of benzene rings is 4. The fourth-order valence-corrected chi connectivity index (χ4v) is 5.96. The van der Waals surface area contributed by atoms with Crippen LogP contribution in [0.2, 0.25) is 0 Å². The van der Waals surface area contributed by atoms with E-state index >= 15 is 0 Å². The van der Waals surface area contributed by atoms with E-state index in [9.17, 15) is 14.7 Å². The van der Waals surface area contributed by atoms with Gasteiger partial charge < -0.3 is 24.6 Å². The maximum Gasteiger partial charge on any atom is 0.303 e. The first-order valence-corrected chi connectivity index (χ1v) is 16.1. The fraction of sp³-hybridized carbons (Fsp3) is 0.333. The molecule has 1 aliphatic rings. The van der Waals surface area contributed by atoms with Crippen molar-refractivity contribution in [2.24, 2.45) is 5.92 Å². The Kier molecular flexibility index (Phi) is 11.6. The molecule has 246 valence electrons. The minimum atomic E-state index is -0.857. The lowest BCUT2D eigenvalue weighted by Gasteiger charge is -2.42. The second-order valence-electron chi connectivity index (χ2n) is 12.3. The molecule has 1 fully saturated rings. The van der Waals surface area contributed by atoms with Crippen molar-refractivity contribution in [1.82, 2.24) is 10.2 Å². The normalized spacial score (nSPS) is 20.0. The van der Waals surface area contributed by atoms with Crippen molar-refractivity contribution in [3.05, 3.63) is 131 Å². The van der Waals surface area contributed by atoms with E-state index in [0.717, 1.165) is 46.5 Å². The average molecular weight is 637 g/mol. The Morgan fingerprint density at radius 1 is 0.851 bits per heavy atom. The predicted octanol–water partition coefficient (Wildman–Crippen LogP) is 6.34. The molecule has 5 atom stereocenters. The highest BCUT2D eigenvalue weighted by Crippen LogP contribution is 2.42. The number of rotatable bonds is 12. The summed E-state index contributed by atoms with van der Waals surface area (Å²) >= 11 is 0. The molecular formula is C39H44N2O6. The first-order chi connectivity index (χ1) is 22.7. The predicted molar refractivity (Wildman–Crippen MR) is 181 cm³/mol. The molecule has 1 aliphatic heterocycles. The zero-order chi connectivity index (χ0) is 33.3. The molecule has 1 saturated heterocycles.